The number of pyridine rings is 1. The minimum absolute atomic E-state index is 0.768. The van der Waals surface area contributed by atoms with Crippen molar-refractivity contribution in [2.45, 2.75) is 90.9 Å². The molecule has 2 heteroatoms. The normalized spacial score (nSPS) is 10.5. The van der Waals surface area contributed by atoms with Gasteiger partial charge in [-0.3, -0.25) is 0 Å². The number of nitrogens with zero attached hydrogens (tertiary/aromatic N) is 1. The monoisotopic (exact) mass is 405 g/mol. The maximum atomic E-state index is 5.79. The Balaban J connectivity index is 1.70. The SMILES string of the molecule is CCCCCCCCOc1ccc(C#Cc2ccc(CCCCCCC)cc2)nc1. The van der Waals surface area contributed by atoms with Crippen molar-refractivity contribution in [3.8, 4) is 17.6 Å². The molecular formula is C28H39NO. The highest BCUT2D eigenvalue weighted by Gasteiger charge is 1.97. The summed E-state index contributed by atoms with van der Waals surface area (Å²) in [6, 6.07) is 12.6. The van der Waals surface area contributed by atoms with Crippen LogP contribution in [0, 0.1) is 11.8 Å². The second-order valence-corrected chi connectivity index (χ2v) is 8.11. The van der Waals surface area contributed by atoms with Gasteiger partial charge in [0.2, 0.25) is 0 Å². The molecule has 0 fully saturated rings. The quantitative estimate of drug-likeness (QED) is 0.237. The van der Waals surface area contributed by atoms with Crippen molar-refractivity contribution in [3.05, 3.63) is 59.4 Å². The molecule has 0 saturated heterocycles. The first-order valence-corrected chi connectivity index (χ1v) is 12.0. The molecule has 0 amide bonds. The lowest BCUT2D eigenvalue weighted by Gasteiger charge is -2.05. The lowest BCUT2D eigenvalue weighted by atomic mass is 10.0. The van der Waals surface area contributed by atoms with E-state index >= 15 is 0 Å². The minimum Gasteiger partial charge on any atom is -0.492 e. The zero-order valence-corrected chi connectivity index (χ0v) is 19.1. The highest BCUT2D eigenvalue weighted by atomic mass is 16.5. The summed E-state index contributed by atoms with van der Waals surface area (Å²) in [7, 11) is 0. The summed E-state index contributed by atoms with van der Waals surface area (Å²) in [5, 5.41) is 0. The Morgan fingerprint density at radius 1 is 0.700 bits per heavy atom. The lowest BCUT2D eigenvalue weighted by Crippen LogP contribution is -1.98. The first kappa shape index (κ1) is 24.0. The highest BCUT2D eigenvalue weighted by molar-refractivity contribution is 5.41. The number of unbranched alkanes of at least 4 members (excludes halogenated alkanes) is 9. The third-order valence-corrected chi connectivity index (χ3v) is 5.36. The van der Waals surface area contributed by atoms with E-state index in [1.807, 2.05) is 12.1 Å². The fraction of sp³-hybridized carbons (Fsp3) is 0.536. The molecule has 0 radical (unpaired) electrons. The van der Waals surface area contributed by atoms with Crippen LogP contribution in [0.4, 0.5) is 0 Å². The van der Waals surface area contributed by atoms with Crippen LogP contribution in [0.15, 0.2) is 42.6 Å². The zero-order valence-electron chi connectivity index (χ0n) is 19.1. The number of hydrogen-bond acceptors (Lipinski definition) is 2. The molecule has 1 aromatic carbocycles. The van der Waals surface area contributed by atoms with E-state index < -0.39 is 0 Å². The molecular weight excluding hydrogens is 366 g/mol. The second-order valence-electron chi connectivity index (χ2n) is 8.11. The Hall–Kier alpha value is -2.27. The van der Waals surface area contributed by atoms with Gasteiger partial charge in [-0.05, 0) is 55.0 Å². The number of aryl methyl sites for hydroxylation is 1. The molecule has 1 heterocycles. The maximum absolute atomic E-state index is 5.79. The van der Waals surface area contributed by atoms with Crippen LogP contribution < -0.4 is 4.74 Å². The van der Waals surface area contributed by atoms with E-state index in [-0.39, 0.29) is 0 Å². The summed E-state index contributed by atoms with van der Waals surface area (Å²) >= 11 is 0. The van der Waals surface area contributed by atoms with Crippen LogP contribution in [0.2, 0.25) is 0 Å². The van der Waals surface area contributed by atoms with Gasteiger partial charge in [-0.25, -0.2) is 4.98 Å². The highest BCUT2D eigenvalue weighted by Crippen LogP contribution is 2.12. The van der Waals surface area contributed by atoms with Crippen LogP contribution in [0.5, 0.6) is 5.75 Å². The summed E-state index contributed by atoms with van der Waals surface area (Å²) in [5.74, 6) is 7.20. The number of rotatable bonds is 14. The van der Waals surface area contributed by atoms with E-state index in [0.29, 0.717) is 0 Å². The van der Waals surface area contributed by atoms with Crippen molar-refractivity contribution < 1.29 is 4.74 Å². The number of hydrogen-bond donors (Lipinski definition) is 0. The van der Waals surface area contributed by atoms with E-state index in [1.54, 1.807) is 6.20 Å². The van der Waals surface area contributed by atoms with Crippen molar-refractivity contribution in [1.29, 1.82) is 0 Å². The molecule has 2 aromatic rings. The third kappa shape index (κ3) is 10.5. The molecule has 0 aliphatic rings. The van der Waals surface area contributed by atoms with E-state index in [0.717, 1.165) is 30.0 Å². The molecule has 0 unspecified atom stereocenters. The number of ether oxygens (including phenoxy) is 1. The molecule has 162 valence electrons. The van der Waals surface area contributed by atoms with E-state index in [4.69, 9.17) is 4.74 Å². The fourth-order valence-electron chi connectivity index (χ4n) is 3.44. The smallest absolute Gasteiger partial charge is 0.137 e. The van der Waals surface area contributed by atoms with Crippen molar-refractivity contribution in [3.63, 3.8) is 0 Å². The van der Waals surface area contributed by atoms with Gasteiger partial charge in [0.25, 0.3) is 0 Å². The first-order chi connectivity index (χ1) is 14.8. The third-order valence-electron chi connectivity index (χ3n) is 5.36. The average Bonchev–Trinajstić information content (AvgIpc) is 2.78. The van der Waals surface area contributed by atoms with Gasteiger partial charge in [0.1, 0.15) is 11.4 Å². The minimum atomic E-state index is 0.768. The molecule has 0 saturated carbocycles. The maximum Gasteiger partial charge on any atom is 0.137 e. The van der Waals surface area contributed by atoms with E-state index in [1.165, 1.54) is 76.2 Å². The molecule has 2 rings (SSSR count). The summed E-state index contributed by atoms with van der Waals surface area (Å²) in [4.78, 5) is 4.42. The molecule has 0 atom stereocenters. The van der Waals surface area contributed by atoms with Crippen LogP contribution in [-0.2, 0) is 6.42 Å². The van der Waals surface area contributed by atoms with Gasteiger partial charge in [0, 0.05) is 5.56 Å². The lowest BCUT2D eigenvalue weighted by molar-refractivity contribution is 0.303. The summed E-state index contributed by atoms with van der Waals surface area (Å²) in [6.45, 7) is 5.27. The van der Waals surface area contributed by atoms with Gasteiger partial charge in [-0.1, -0.05) is 89.7 Å². The molecule has 30 heavy (non-hydrogen) atoms. The van der Waals surface area contributed by atoms with E-state index in [2.05, 4.69) is 54.9 Å². The summed E-state index contributed by atoms with van der Waals surface area (Å²) in [5.41, 5.74) is 3.22. The van der Waals surface area contributed by atoms with Crippen molar-refractivity contribution in [2.75, 3.05) is 6.61 Å². The van der Waals surface area contributed by atoms with Gasteiger partial charge < -0.3 is 4.74 Å². The fourth-order valence-corrected chi connectivity index (χ4v) is 3.44. The standard InChI is InChI=1S/C28H39NO/c1-3-5-7-9-11-13-23-30-28-22-21-27(29-24-28)20-19-26-17-15-25(16-18-26)14-12-10-8-6-4-2/h15-18,21-22,24H,3-14,23H2,1-2H3. The van der Waals surface area contributed by atoms with E-state index in [9.17, 15) is 0 Å². The Morgan fingerprint density at radius 2 is 1.37 bits per heavy atom. The number of aromatic nitrogens is 1. The zero-order chi connectivity index (χ0) is 21.3. The average molecular weight is 406 g/mol. The van der Waals surface area contributed by atoms with Crippen molar-refractivity contribution in [1.82, 2.24) is 4.98 Å². The van der Waals surface area contributed by atoms with Crippen molar-refractivity contribution >= 4 is 0 Å². The predicted octanol–water partition coefficient (Wildman–Crippen LogP) is 7.73. The molecule has 0 N–H and O–H groups in total. The van der Waals surface area contributed by atoms with Gasteiger partial charge in [0.05, 0.1) is 12.8 Å². The molecule has 1 aromatic heterocycles. The predicted molar refractivity (Wildman–Crippen MR) is 128 cm³/mol. The number of benzene rings is 1. The Bertz CT molecular complexity index is 737. The molecule has 2 nitrogen and oxygen atoms in total. The van der Waals surface area contributed by atoms with Gasteiger partial charge >= 0.3 is 0 Å². The molecule has 0 bridgehead atoms. The molecule has 0 spiro atoms. The van der Waals surface area contributed by atoms with Gasteiger partial charge in [0.15, 0.2) is 0 Å². The van der Waals surface area contributed by atoms with Crippen LogP contribution in [0.3, 0.4) is 0 Å². The summed E-state index contributed by atoms with van der Waals surface area (Å²) < 4.78 is 5.79. The first-order valence-electron chi connectivity index (χ1n) is 12.0. The van der Waals surface area contributed by atoms with Crippen LogP contribution in [0.25, 0.3) is 0 Å². The van der Waals surface area contributed by atoms with Crippen LogP contribution in [0.1, 0.15) is 101 Å². The summed E-state index contributed by atoms with van der Waals surface area (Å²) in [6.07, 6.45) is 17.2. The molecule has 0 aliphatic heterocycles. The Morgan fingerprint density at radius 3 is 2.03 bits per heavy atom. The topological polar surface area (TPSA) is 22.1 Å². The second kappa shape index (κ2) is 15.6. The largest absolute Gasteiger partial charge is 0.492 e. The Labute approximate surface area is 184 Å². The van der Waals surface area contributed by atoms with Crippen molar-refractivity contribution in [2.24, 2.45) is 0 Å². The van der Waals surface area contributed by atoms with Gasteiger partial charge in [-0.15, -0.1) is 0 Å². The van der Waals surface area contributed by atoms with Crippen LogP contribution >= 0.6 is 0 Å². The Kier molecular flexibility index (Phi) is 12.4. The molecule has 0 aliphatic carbocycles. The van der Waals surface area contributed by atoms with Crippen LogP contribution in [-0.4, -0.2) is 11.6 Å². The van der Waals surface area contributed by atoms with Gasteiger partial charge in [-0.2, -0.15) is 0 Å².